The SMILES string of the molecule is COc1ccc([N+](=O)[O-])c(NC(=O)[C@@H]2CC(=O)N(c3ccc(C)c(Cl)c3)C2)c1. The summed E-state index contributed by atoms with van der Waals surface area (Å²) < 4.78 is 5.06. The third kappa shape index (κ3) is 3.91. The second-order valence-corrected chi connectivity index (χ2v) is 6.88. The van der Waals surface area contributed by atoms with Gasteiger partial charge in [-0.2, -0.15) is 0 Å². The van der Waals surface area contributed by atoms with Gasteiger partial charge in [-0.05, 0) is 30.7 Å². The van der Waals surface area contributed by atoms with Gasteiger partial charge < -0.3 is 15.0 Å². The van der Waals surface area contributed by atoms with Crippen molar-refractivity contribution in [3.8, 4) is 5.75 Å². The van der Waals surface area contributed by atoms with E-state index in [0.29, 0.717) is 16.5 Å². The minimum atomic E-state index is -0.640. The molecule has 1 N–H and O–H groups in total. The van der Waals surface area contributed by atoms with Crippen LogP contribution in [0.2, 0.25) is 5.02 Å². The number of hydrogen-bond acceptors (Lipinski definition) is 5. The number of rotatable bonds is 5. The van der Waals surface area contributed by atoms with E-state index in [1.54, 1.807) is 18.2 Å². The number of nitrogens with zero attached hydrogens (tertiary/aromatic N) is 2. The number of carbonyl (C=O) groups is 2. The van der Waals surface area contributed by atoms with Crippen molar-refractivity contribution < 1.29 is 19.2 Å². The van der Waals surface area contributed by atoms with E-state index in [9.17, 15) is 19.7 Å². The molecule has 0 bridgehead atoms. The largest absolute Gasteiger partial charge is 0.497 e. The van der Waals surface area contributed by atoms with Crippen LogP contribution in [0.1, 0.15) is 12.0 Å². The van der Waals surface area contributed by atoms with Gasteiger partial charge in [-0.15, -0.1) is 0 Å². The predicted molar refractivity (Wildman–Crippen MR) is 105 cm³/mol. The first kappa shape index (κ1) is 19.6. The Hall–Kier alpha value is -3.13. The Morgan fingerprint density at radius 2 is 2.07 bits per heavy atom. The lowest BCUT2D eigenvalue weighted by atomic mass is 10.1. The monoisotopic (exact) mass is 403 g/mol. The third-order valence-electron chi connectivity index (χ3n) is 4.62. The maximum atomic E-state index is 12.7. The molecule has 2 amide bonds. The number of ether oxygens (including phenoxy) is 1. The van der Waals surface area contributed by atoms with Gasteiger partial charge in [-0.25, -0.2) is 0 Å². The van der Waals surface area contributed by atoms with Crippen molar-refractivity contribution in [3.63, 3.8) is 0 Å². The molecule has 3 rings (SSSR count). The van der Waals surface area contributed by atoms with E-state index < -0.39 is 16.7 Å². The molecule has 9 heteroatoms. The summed E-state index contributed by atoms with van der Waals surface area (Å²) in [6.07, 6.45) is 0.00902. The van der Waals surface area contributed by atoms with Crippen LogP contribution in [0.4, 0.5) is 17.1 Å². The zero-order valence-corrected chi connectivity index (χ0v) is 16.0. The first-order valence-electron chi connectivity index (χ1n) is 8.50. The Bertz CT molecular complexity index is 963. The lowest BCUT2D eigenvalue weighted by Crippen LogP contribution is -2.28. The van der Waals surface area contributed by atoms with E-state index in [1.165, 1.54) is 30.2 Å². The Labute approximate surface area is 166 Å². The van der Waals surface area contributed by atoms with E-state index >= 15 is 0 Å². The lowest BCUT2D eigenvalue weighted by molar-refractivity contribution is -0.383. The molecule has 1 fully saturated rings. The van der Waals surface area contributed by atoms with Crippen LogP contribution >= 0.6 is 11.6 Å². The molecule has 1 heterocycles. The Morgan fingerprint density at radius 3 is 2.71 bits per heavy atom. The number of nitrogens with one attached hydrogen (secondary N) is 1. The predicted octanol–water partition coefficient (Wildman–Crippen LogP) is 3.56. The molecule has 0 aromatic heterocycles. The van der Waals surface area contributed by atoms with Gasteiger partial charge in [0, 0.05) is 35.8 Å². The molecule has 0 spiro atoms. The fourth-order valence-electron chi connectivity index (χ4n) is 3.02. The van der Waals surface area contributed by atoms with Crippen molar-refractivity contribution in [2.75, 3.05) is 23.9 Å². The molecular weight excluding hydrogens is 386 g/mol. The van der Waals surface area contributed by atoms with Gasteiger partial charge in [-0.3, -0.25) is 19.7 Å². The fourth-order valence-corrected chi connectivity index (χ4v) is 3.19. The van der Waals surface area contributed by atoms with Crippen molar-refractivity contribution in [2.24, 2.45) is 5.92 Å². The number of hydrogen-bond donors (Lipinski definition) is 1. The molecule has 0 radical (unpaired) electrons. The number of anilines is 2. The standard InChI is InChI=1S/C19H18ClN3O5/c1-11-3-4-13(8-15(11)20)22-10-12(7-18(22)24)19(25)21-16-9-14(28-2)5-6-17(16)23(26)27/h3-6,8-9,12H,7,10H2,1-2H3,(H,21,25)/t12-/m1/s1. The summed E-state index contributed by atoms with van der Waals surface area (Å²) in [4.78, 5) is 37.2. The van der Waals surface area contributed by atoms with Crippen LogP contribution in [0.25, 0.3) is 0 Å². The molecule has 2 aromatic carbocycles. The van der Waals surface area contributed by atoms with Gasteiger partial charge in [0.2, 0.25) is 11.8 Å². The Kier molecular flexibility index (Phi) is 5.51. The number of aryl methyl sites for hydroxylation is 1. The van der Waals surface area contributed by atoms with Crippen LogP contribution in [-0.4, -0.2) is 30.4 Å². The van der Waals surface area contributed by atoms with E-state index in [0.717, 1.165) is 5.56 Å². The molecule has 0 saturated carbocycles. The molecule has 1 aliphatic rings. The van der Waals surface area contributed by atoms with Crippen molar-refractivity contribution in [1.82, 2.24) is 0 Å². The summed E-state index contributed by atoms with van der Waals surface area (Å²) >= 11 is 6.13. The van der Waals surface area contributed by atoms with Gasteiger partial charge in [0.15, 0.2) is 0 Å². The molecular formula is C19H18ClN3O5. The molecule has 1 aliphatic heterocycles. The van der Waals surface area contributed by atoms with Gasteiger partial charge >= 0.3 is 0 Å². The van der Waals surface area contributed by atoms with Crippen LogP contribution in [0.3, 0.4) is 0 Å². The summed E-state index contributed by atoms with van der Waals surface area (Å²) in [5.74, 6) is -0.941. The topological polar surface area (TPSA) is 102 Å². The number of benzene rings is 2. The number of carbonyl (C=O) groups excluding carboxylic acids is 2. The molecule has 0 aliphatic carbocycles. The Morgan fingerprint density at radius 1 is 1.32 bits per heavy atom. The molecule has 28 heavy (non-hydrogen) atoms. The smallest absolute Gasteiger partial charge is 0.293 e. The maximum absolute atomic E-state index is 12.7. The molecule has 8 nitrogen and oxygen atoms in total. The highest BCUT2D eigenvalue weighted by Crippen LogP contribution is 2.32. The van der Waals surface area contributed by atoms with Gasteiger partial charge in [-0.1, -0.05) is 17.7 Å². The molecule has 1 saturated heterocycles. The number of halogens is 1. The number of amides is 2. The first-order chi connectivity index (χ1) is 13.3. The molecule has 0 unspecified atom stereocenters. The summed E-state index contributed by atoms with van der Waals surface area (Å²) in [5, 5.41) is 14.3. The Balaban J connectivity index is 1.78. The van der Waals surface area contributed by atoms with Crippen LogP contribution in [0.5, 0.6) is 5.75 Å². The normalized spacial score (nSPS) is 16.2. The molecule has 2 aromatic rings. The van der Waals surface area contributed by atoms with Crippen molar-refractivity contribution in [2.45, 2.75) is 13.3 Å². The number of nitro benzene ring substituents is 1. The van der Waals surface area contributed by atoms with Crippen LogP contribution < -0.4 is 15.0 Å². The zero-order chi connectivity index (χ0) is 20.4. The average molecular weight is 404 g/mol. The highest BCUT2D eigenvalue weighted by molar-refractivity contribution is 6.31. The van der Waals surface area contributed by atoms with E-state index in [-0.39, 0.29) is 30.2 Å². The fraction of sp³-hybridized carbons (Fsp3) is 0.263. The van der Waals surface area contributed by atoms with E-state index in [4.69, 9.17) is 16.3 Å². The van der Waals surface area contributed by atoms with Gasteiger partial charge in [0.25, 0.3) is 5.69 Å². The highest BCUT2D eigenvalue weighted by Gasteiger charge is 2.36. The minimum absolute atomic E-state index is 0.00902. The lowest BCUT2D eigenvalue weighted by Gasteiger charge is -2.17. The quantitative estimate of drug-likeness (QED) is 0.607. The average Bonchev–Trinajstić information content (AvgIpc) is 3.05. The second kappa shape index (κ2) is 7.85. The molecule has 146 valence electrons. The van der Waals surface area contributed by atoms with Crippen molar-refractivity contribution in [3.05, 3.63) is 57.1 Å². The van der Waals surface area contributed by atoms with Crippen molar-refractivity contribution in [1.29, 1.82) is 0 Å². The third-order valence-corrected chi connectivity index (χ3v) is 5.03. The number of methoxy groups -OCH3 is 1. The zero-order valence-electron chi connectivity index (χ0n) is 15.3. The second-order valence-electron chi connectivity index (χ2n) is 6.47. The van der Waals surface area contributed by atoms with Crippen LogP contribution in [-0.2, 0) is 9.59 Å². The van der Waals surface area contributed by atoms with E-state index in [2.05, 4.69) is 5.32 Å². The highest BCUT2D eigenvalue weighted by atomic mass is 35.5. The minimum Gasteiger partial charge on any atom is -0.497 e. The van der Waals surface area contributed by atoms with Crippen LogP contribution in [0, 0.1) is 23.0 Å². The van der Waals surface area contributed by atoms with Gasteiger partial charge in [0.1, 0.15) is 11.4 Å². The summed E-state index contributed by atoms with van der Waals surface area (Å²) in [6.45, 7) is 2.02. The summed E-state index contributed by atoms with van der Waals surface area (Å²) in [7, 11) is 1.42. The maximum Gasteiger partial charge on any atom is 0.293 e. The van der Waals surface area contributed by atoms with Crippen LogP contribution in [0.15, 0.2) is 36.4 Å². The first-order valence-corrected chi connectivity index (χ1v) is 8.87. The summed E-state index contributed by atoms with van der Waals surface area (Å²) in [6, 6.07) is 9.33. The number of nitro groups is 1. The summed E-state index contributed by atoms with van der Waals surface area (Å²) in [5.41, 5.74) is 1.28. The van der Waals surface area contributed by atoms with Crippen molar-refractivity contribution >= 4 is 40.5 Å². The van der Waals surface area contributed by atoms with E-state index in [1.807, 2.05) is 6.92 Å². The van der Waals surface area contributed by atoms with Gasteiger partial charge in [0.05, 0.1) is 18.0 Å². The molecule has 1 atom stereocenters.